The minimum atomic E-state index is -2.90. The Hall–Kier alpha value is -2.00. The van der Waals surface area contributed by atoms with E-state index < -0.39 is 36.3 Å². The van der Waals surface area contributed by atoms with E-state index in [1.54, 1.807) is 24.3 Å². The van der Waals surface area contributed by atoms with Crippen LogP contribution in [-0.4, -0.2) is 61.7 Å². The molecule has 0 saturated carbocycles. The van der Waals surface area contributed by atoms with Gasteiger partial charge < -0.3 is 24.8 Å². The fourth-order valence-electron chi connectivity index (χ4n) is 4.52. The van der Waals surface area contributed by atoms with Gasteiger partial charge in [0.1, 0.15) is 5.75 Å². The number of methoxy groups -OCH3 is 1. The second-order valence-corrected chi connectivity index (χ2v) is 7.74. The highest BCUT2D eigenvalue weighted by Crippen LogP contribution is 2.46. The molecular weight excluding hydrogens is 389 g/mol. The number of amides is 1. The molecule has 2 aliphatic heterocycles. The highest BCUT2D eigenvalue weighted by molar-refractivity contribution is 5.65. The van der Waals surface area contributed by atoms with Crippen LogP contribution in [0, 0.1) is 11.3 Å². The van der Waals surface area contributed by atoms with Crippen molar-refractivity contribution >= 4 is 6.09 Å². The molecule has 29 heavy (non-hydrogen) atoms. The summed E-state index contributed by atoms with van der Waals surface area (Å²) in [6.45, 7) is 0.924. The van der Waals surface area contributed by atoms with E-state index in [9.17, 15) is 18.0 Å². The summed E-state index contributed by atoms with van der Waals surface area (Å²) < 4.78 is 52.9. The van der Waals surface area contributed by atoms with Crippen LogP contribution in [0.3, 0.4) is 0 Å². The SMILES string of the molecule is COc1ccc(COC(F)C(C(F)F)C2NCCC23CCN(C(=O)O)CC3)cc1. The Morgan fingerprint density at radius 2 is 1.90 bits per heavy atom. The Morgan fingerprint density at radius 1 is 1.24 bits per heavy atom. The maximum absolute atomic E-state index is 14.9. The van der Waals surface area contributed by atoms with Crippen LogP contribution in [0.15, 0.2) is 24.3 Å². The van der Waals surface area contributed by atoms with Crippen molar-refractivity contribution in [1.82, 2.24) is 10.2 Å². The van der Waals surface area contributed by atoms with Crippen molar-refractivity contribution in [3.63, 3.8) is 0 Å². The lowest BCUT2D eigenvalue weighted by atomic mass is 9.68. The number of likely N-dealkylation sites (tertiary alicyclic amines) is 1. The lowest BCUT2D eigenvalue weighted by Crippen LogP contribution is -2.54. The van der Waals surface area contributed by atoms with Crippen molar-refractivity contribution in [3.8, 4) is 5.75 Å². The molecule has 0 bridgehead atoms. The van der Waals surface area contributed by atoms with Gasteiger partial charge in [0.2, 0.25) is 12.8 Å². The molecule has 1 aromatic carbocycles. The number of carboxylic acid groups (broad SMARTS) is 1. The number of benzene rings is 1. The van der Waals surface area contributed by atoms with Gasteiger partial charge in [0.15, 0.2) is 0 Å². The minimum Gasteiger partial charge on any atom is -0.497 e. The lowest BCUT2D eigenvalue weighted by molar-refractivity contribution is -0.147. The molecule has 9 heteroatoms. The minimum absolute atomic E-state index is 0.124. The number of halogens is 3. The zero-order valence-corrected chi connectivity index (χ0v) is 16.3. The van der Waals surface area contributed by atoms with Crippen LogP contribution >= 0.6 is 0 Å². The molecule has 3 rings (SSSR count). The van der Waals surface area contributed by atoms with Gasteiger partial charge in [0, 0.05) is 19.1 Å². The Labute approximate surface area is 168 Å². The van der Waals surface area contributed by atoms with Crippen LogP contribution in [-0.2, 0) is 11.3 Å². The number of alkyl halides is 3. The third-order valence-corrected chi connectivity index (χ3v) is 6.22. The molecule has 0 aromatic heterocycles. The summed E-state index contributed by atoms with van der Waals surface area (Å²) in [7, 11) is 1.53. The number of ether oxygens (including phenoxy) is 2. The molecule has 2 aliphatic rings. The molecule has 2 fully saturated rings. The molecule has 1 amide bonds. The van der Waals surface area contributed by atoms with E-state index in [1.807, 2.05) is 0 Å². The Morgan fingerprint density at radius 3 is 2.45 bits per heavy atom. The molecule has 6 nitrogen and oxygen atoms in total. The van der Waals surface area contributed by atoms with Crippen LogP contribution in [0.5, 0.6) is 5.75 Å². The summed E-state index contributed by atoms with van der Waals surface area (Å²) in [5, 5.41) is 12.2. The predicted octanol–water partition coefficient (Wildman–Crippen LogP) is 3.51. The molecule has 1 aromatic rings. The summed E-state index contributed by atoms with van der Waals surface area (Å²) in [5.74, 6) is -0.979. The Kier molecular flexibility index (Phi) is 6.89. The van der Waals surface area contributed by atoms with Gasteiger partial charge in [-0.15, -0.1) is 0 Å². The normalized spacial score (nSPS) is 23.3. The van der Waals surface area contributed by atoms with E-state index >= 15 is 0 Å². The van der Waals surface area contributed by atoms with Crippen molar-refractivity contribution in [1.29, 1.82) is 0 Å². The van der Waals surface area contributed by atoms with Gasteiger partial charge in [-0.05, 0) is 48.9 Å². The summed E-state index contributed by atoms with van der Waals surface area (Å²) in [6, 6.07) is 6.02. The number of nitrogens with zero attached hydrogens (tertiary/aromatic N) is 1. The fourth-order valence-corrected chi connectivity index (χ4v) is 4.52. The van der Waals surface area contributed by atoms with Crippen LogP contribution < -0.4 is 10.1 Å². The van der Waals surface area contributed by atoms with Gasteiger partial charge in [0.05, 0.1) is 19.6 Å². The Bertz CT molecular complexity index is 681. The van der Waals surface area contributed by atoms with Crippen molar-refractivity contribution in [2.75, 3.05) is 26.7 Å². The molecule has 2 heterocycles. The van der Waals surface area contributed by atoms with Crippen molar-refractivity contribution < 1.29 is 32.5 Å². The highest BCUT2D eigenvalue weighted by atomic mass is 19.3. The molecule has 1 spiro atoms. The first-order valence-electron chi connectivity index (χ1n) is 9.74. The van der Waals surface area contributed by atoms with Gasteiger partial charge in [-0.2, -0.15) is 0 Å². The fraction of sp³-hybridized carbons (Fsp3) is 0.650. The van der Waals surface area contributed by atoms with Crippen molar-refractivity contribution in [2.45, 2.75) is 44.7 Å². The van der Waals surface area contributed by atoms with Gasteiger partial charge in [0.25, 0.3) is 0 Å². The predicted molar refractivity (Wildman–Crippen MR) is 99.8 cm³/mol. The van der Waals surface area contributed by atoms with E-state index in [4.69, 9.17) is 14.6 Å². The number of carbonyl (C=O) groups is 1. The molecule has 2 saturated heterocycles. The summed E-state index contributed by atoms with van der Waals surface area (Å²) in [4.78, 5) is 12.4. The maximum atomic E-state index is 14.9. The molecule has 3 atom stereocenters. The molecule has 3 unspecified atom stereocenters. The van der Waals surface area contributed by atoms with Crippen LogP contribution in [0.1, 0.15) is 24.8 Å². The van der Waals surface area contributed by atoms with E-state index in [2.05, 4.69) is 5.32 Å². The first-order valence-corrected chi connectivity index (χ1v) is 9.74. The summed E-state index contributed by atoms with van der Waals surface area (Å²) in [5.41, 5.74) is 0.117. The third-order valence-electron chi connectivity index (χ3n) is 6.22. The number of rotatable bonds is 7. The van der Waals surface area contributed by atoms with Crippen molar-refractivity contribution in [3.05, 3.63) is 29.8 Å². The van der Waals surface area contributed by atoms with E-state index in [1.165, 1.54) is 12.0 Å². The molecule has 0 radical (unpaired) electrons. The van der Waals surface area contributed by atoms with Gasteiger partial charge >= 0.3 is 6.09 Å². The van der Waals surface area contributed by atoms with Crippen LogP contribution in [0.4, 0.5) is 18.0 Å². The highest BCUT2D eigenvalue weighted by Gasteiger charge is 2.53. The number of hydrogen-bond donors (Lipinski definition) is 2. The van der Waals surface area contributed by atoms with Gasteiger partial charge in [-0.3, -0.25) is 0 Å². The first kappa shape index (κ1) is 21.7. The number of piperidine rings is 1. The zero-order valence-electron chi connectivity index (χ0n) is 16.3. The quantitative estimate of drug-likeness (QED) is 0.712. The first-order chi connectivity index (χ1) is 13.9. The van der Waals surface area contributed by atoms with E-state index in [-0.39, 0.29) is 19.7 Å². The smallest absolute Gasteiger partial charge is 0.407 e. The van der Waals surface area contributed by atoms with Gasteiger partial charge in [-0.25, -0.2) is 18.0 Å². The molecule has 2 N–H and O–H groups in total. The lowest BCUT2D eigenvalue weighted by Gasteiger charge is -2.44. The number of hydrogen-bond acceptors (Lipinski definition) is 4. The maximum Gasteiger partial charge on any atom is 0.407 e. The van der Waals surface area contributed by atoms with Gasteiger partial charge in [-0.1, -0.05) is 12.1 Å². The second kappa shape index (κ2) is 9.21. The van der Waals surface area contributed by atoms with E-state index in [0.29, 0.717) is 37.1 Å². The molecule has 0 aliphatic carbocycles. The summed E-state index contributed by atoms with van der Waals surface area (Å²) in [6.07, 6.45) is -4.55. The number of nitrogens with one attached hydrogen (secondary N) is 1. The average molecular weight is 416 g/mol. The van der Waals surface area contributed by atoms with Crippen LogP contribution in [0.2, 0.25) is 0 Å². The topological polar surface area (TPSA) is 71.0 Å². The van der Waals surface area contributed by atoms with E-state index in [0.717, 1.165) is 0 Å². The molecular formula is C20H27F3N2O4. The average Bonchev–Trinajstić information content (AvgIpc) is 3.09. The second-order valence-electron chi connectivity index (χ2n) is 7.74. The zero-order chi connectivity index (χ0) is 21.0. The van der Waals surface area contributed by atoms with Crippen LogP contribution in [0.25, 0.3) is 0 Å². The third kappa shape index (κ3) is 4.78. The Balaban J connectivity index is 1.66. The molecule has 162 valence electrons. The summed E-state index contributed by atoms with van der Waals surface area (Å²) >= 11 is 0. The largest absolute Gasteiger partial charge is 0.497 e. The van der Waals surface area contributed by atoms with Crippen molar-refractivity contribution in [2.24, 2.45) is 11.3 Å². The monoisotopic (exact) mass is 416 g/mol. The standard InChI is InChI=1S/C20H27F3N2O4/c1-28-14-4-2-13(3-5-14)12-29-18(23)15(17(21)22)16-20(6-9-24-16)7-10-25(11-8-20)19(26)27/h2-5,15-18,24H,6-12H2,1H3,(H,26,27).